The molecule has 1 aliphatic heterocycles. The van der Waals surface area contributed by atoms with E-state index in [1.54, 1.807) is 24.3 Å². The van der Waals surface area contributed by atoms with Gasteiger partial charge in [0.25, 0.3) is 0 Å². The molecule has 0 unspecified atom stereocenters. The Morgan fingerprint density at radius 2 is 1.38 bits per heavy atom. The average molecular weight is 365 g/mol. The SMILES string of the molecule is C=CCOC[C@H]1O[C@@H](N=[N+]=[N-])[C@H](OCC=C)[C@@H](OCC=C)[C@@H]1OCC=C. The van der Waals surface area contributed by atoms with Gasteiger partial charge in [-0.25, -0.2) is 0 Å². The molecule has 8 nitrogen and oxygen atoms in total. The Labute approximate surface area is 154 Å². The molecular weight excluding hydrogens is 338 g/mol. The van der Waals surface area contributed by atoms with Gasteiger partial charge in [0, 0.05) is 4.91 Å². The van der Waals surface area contributed by atoms with Crippen LogP contribution in [-0.2, 0) is 23.7 Å². The van der Waals surface area contributed by atoms with Crippen molar-refractivity contribution < 1.29 is 23.7 Å². The second-order valence-electron chi connectivity index (χ2n) is 5.36. The minimum Gasteiger partial charge on any atom is -0.375 e. The highest BCUT2D eigenvalue weighted by molar-refractivity contribution is 4.96. The van der Waals surface area contributed by atoms with E-state index in [2.05, 4.69) is 36.3 Å². The first-order valence-corrected chi connectivity index (χ1v) is 8.29. The summed E-state index contributed by atoms with van der Waals surface area (Å²) >= 11 is 0. The third kappa shape index (κ3) is 6.76. The molecule has 0 N–H and O–H groups in total. The number of rotatable bonds is 14. The third-order valence-corrected chi connectivity index (χ3v) is 3.51. The van der Waals surface area contributed by atoms with Gasteiger partial charge in [0.1, 0.15) is 24.4 Å². The lowest BCUT2D eigenvalue weighted by atomic mass is 9.97. The van der Waals surface area contributed by atoms with Gasteiger partial charge in [0.05, 0.1) is 33.0 Å². The van der Waals surface area contributed by atoms with Crippen molar-refractivity contribution >= 4 is 0 Å². The Kier molecular flexibility index (Phi) is 11.3. The van der Waals surface area contributed by atoms with Crippen LogP contribution in [0, 0.1) is 0 Å². The van der Waals surface area contributed by atoms with Crippen molar-refractivity contribution in [3.05, 3.63) is 61.1 Å². The van der Waals surface area contributed by atoms with E-state index in [1.807, 2.05) is 0 Å². The lowest BCUT2D eigenvalue weighted by Gasteiger charge is -2.44. The van der Waals surface area contributed by atoms with Gasteiger partial charge in [-0.2, -0.15) is 0 Å². The molecule has 8 heteroatoms. The highest BCUT2D eigenvalue weighted by atomic mass is 16.6. The van der Waals surface area contributed by atoms with Gasteiger partial charge >= 0.3 is 0 Å². The molecule has 1 saturated heterocycles. The molecule has 0 radical (unpaired) electrons. The molecule has 1 aliphatic rings. The van der Waals surface area contributed by atoms with Crippen molar-refractivity contribution in [1.29, 1.82) is 0 Å². The minimum absolute atomic E-state index is 0.216. The van der Waals surface area contributed by atoms with E-state index in [9.17, 15) is 0 Å². The summed E-state index contributed by atoms with van der Waals surface area (Å²) in [7, 11) is 0. The molecular formula is C18H27N3O5. The summed E-state index contributed by atoms with van der Waals surface area (Å²) in [5.74, 6) is 0. The van der Waals surface area contributed by atoms with Crippen molar-refractivity contribution in [2.75, 3.05) is 33.0 Å². The topological polar surface area (TPSA) is 94.9 Å². The van der Waals surface area contributed by atoms with E-state index >= 15 is 0 Å². The van der Waals surface area contributed by atoms with Crippen molar-refractivity contribution in [3.8, 4) is 0 Å². The van der Waals surface area contributed by atoms with Crippen molar-refractivity contribution in [2.45, 2.75) is 30.6 Å². The van der Waals surface area contributed by atoms with Crippen LogP contribution in [0.4, 0.5) is 0 Å². The Morgan fingerprint density at radius 3 is 1.92 bits per heavy atom. The van der Waals surface area contributed by atoms with E-state index in [-0.39, 0.29) is 19.8 Å². The zero-order chi connectivity index (χ0) is 19.2. The fourth-order valence-corrected chi connectivity index (χ4v) is 2.55. The molecule has 0 spiro atoms. The normalized spacial score (nSPS) is 27.9. The molecule has 0 aliphatic carbocycles. The number of ether oxygens (including phenoxy) is 5. The molecule has 0 aromatic rings. The number of nitrogens with zero attached hydrogens (tertiary/aromatic N) is 3. The van der Waals surface area contributed by atoms with Crippen LogP contribution in [-0.4, -0.2) is 63.7 Å². The maximum Gasteiger partial charge on any atom is 0.165 e. The lowest BCUT2D eigenvalue weighted by Crippen LogP contribution is -2.60. The molecule has 0 saturated carbocycles. The van der Waals surface area contributed by atoms with Crippen LogP contribution in [0.5, 0.6) is 0 Å². The lowest BCUT2D eigenvalue weighted by molar-refractivity contribution is -0.257. The standard InChI is InChI=1S/C18H27N3O5/c1-5-9-22-13-14-15(23-10-6-2)16(24-11-7-3)17(25-12-8-4)18(26-14)20-21-19/h5-8,14-18H,1-4,9-13H2/t14-,15-,16+,17-,18-/m1/s1. The maximum absolute atomic E-state index is 8.89. The summed E-state index contributed by atoms with van der Waals surface area (Å²) < 4.78 is 28.9. The second-order valence-corrected chi connectivity index (χ2v) is 5.36. The van der Waals surface area contributed by atoms with Gasteiger partial charge in [0.2, 0.25) is 0 Å². The molecule has 0 aromatic heterocycles. The second kappa shape index (κ2) is 13.3. The number of hydrogen-bond donors (Lipinski definition) is 0. The Bertz CT molecular complexity index is 507. The minimum atomic E-state index is -0.893. The summed E-state index contributed by atoms with van der Waals surface area (Å²) in [6.07, 6.45) is 3.31. The van der Waals surface area contributed by atoms with Crippen molar-refractivity contribution in [1.82, 2.24) is 0 Å². The largest absolute Gasteiger partial charge is 0.375 e. The summed E-state index contributed by atoms with van der Waals surface area (Å²) in [5.41, 5.74) is 8.89. The molecule has 0 aromatic carbocycles. The highest BCUT2D eigenvalue weighted by Crippen LogP contribution is 2.29. The van der Waals surface area contributed by atoms with Crippen LogP contribution >= 0.6 is 0 Å². The smallest absolute Gasteiger partial charge is 0.165 e. The van der Waals surface area contributed by atoms with Gasteiger partial charge < -0.3 is 23.7 Å². The molecule has 1 fully saturated rings. The van der Waals surface area contributed by atoms with E-state index in [0.717, 1.165) is 0 Å². The zero-order valence-electron chi connectivity index (χ0n) is 14.9. The quantitative estimate of drug-likeness (QED) is 0.155. The predicted molar refractivity (Wildman–Crippen MR) is 98.6 cm³/mol. The summed E-state index contributed by atoms with van der Waals surface area (Å²) in [6.45, 7) is 16.0. The first-order chi connectivity index (χ1) is 12.7. The zero-order valence-corrected chi connectivity index (χ0v) is 14.9. The van der Waals surface area contributed by atoms with Crippen LogP contribution < -0.4 is 0 Å². The van der Waals surface area contributed by atoms with Gasteiger partial charge in [-0.1, -0.05) is 29.4 Å². The van der Waals surface area contributed by atoms with Crippen LogP contribution in [0.2, 0.25) is 0 Å². The maximum atomic E-state index is 8.89. The van der Waals surface area contributed by atoms with Crippen LogP contribution in [0.25, 0.3) is 10.4 Å². The highest BCUT2D eigenvalue weighted by Gasteiger charge is 2.47. The fraction of sp³-hybridized carbons (Fsp3) is 0.556. The number of hydrogen-bond acceptors (Lipinski definition) is 6. The van der Waals surface area contributed by atoms with E-state index in [4.69, 9.17) is 29.2 Å². The monoisotopic (exact) mass is 365 g/mol. The average Bonchev–Trinajstić information content (AvgIpc) is 2.65. The van der Waals surface area contributed by atoms with Gasteiger partial charge in [0.15, 0.2) is 6.23 Å². The Hall–Kier alpha value is -1.93. The Morgan fingerprint density at radius 1 is 0.846 bits per heavy atom. The van der Waals surface area contributed by atoms with Gasteiger partial charge in [-0.3, -0.25) is 0 Å². The number of azide groups is 1. The summed E-state index contributed by atoms with van der Waals surface area (Å²) in [6, 6.07) is 0. The van der Waals surface area contributed by atoms with Crippen LogP contribution in [0.3, 0.4) is 0 Å². The van der Waals surface area contributed by atoms with Crippen LogP contribution in [0.1, 0.15) is 0 Å². The predicted octanol–water partition coefficient (Wildman–Crippen LogP) is 2.94. The third-order valence-electron chi connectivity index (χ3n) is 3.51. The van der Waals surface area contributed by atoms with Crippen LogP contribution in [0.15, 0.2) is 55.7 Å². The molecule has 144 valence electrons. The summed E-state index contributed by atoms with van der Waals surface area (Å²) in [5, 5.41) is 3.71. The van der Waals surface area contributed by atoms with Crippen molar-refractivity contribution in [2.24, 2.45) is 5.11 Å². The first-order valence-electron chi connectivity index (χ1n) is 8.29. The molecule has 0 amide bonds. The molecule has 5 atom stereocenters. The summed E-state index contributed by atoms with van der Waals surface area (Å²) in [4.78, 5) is 2.85. The van der Waals surface area contributed by atoms with E-state index in [1.165, 1.54) is 0 Å². The fourth-order valence-electron chi connectivity index (χ4n) is 2.55. The molecule has 0 bridgehead atoms. The molecule has 1 heterocycles. The van der Waals surface area contributed by atoms with Gasteiger partial charge in [-0.05, 0) is 5.53 Å². The van der Waals surface area contributed by atoms with E-state index in [0.29, 0.717) is 13.2 Å². The van der Waals surface area contributed by atoms with Gasteiger partial charge in [-0.15, -0.1) is 26.3 Å². The molecule has 26 heavy (non-hydrogen) atoms. The van der Waals surface area contributed by atoms with E-state index < -0.39 is 30.6 Å². The molecule has 1 rings (SSSR count). The van der Waals surface area contributed by atoms with Crippen molar-refractivity contribution in [3.63, 3.8) is 0 Å². The Balaban J connectivity index is 3.10. The first kappa shape index (κ1) is 22.1.